The topological polar surface area (TPSA) is 51.2 Å². The van der Waals surface area contributed by atoms with Gasteiger partial charge in [-0.2, -0.15) is 0 Å². The number of aliphatic hydroxyl groups is 1. The standard InChI is InChI=1S/C18H18ClNO4/c1-22-16-6-12-13(17-18(16)24-10-23-17)8-20(9-15(12)21)7-11-4-2-3-5-14(11)19/h2-6,15,21H,7-10H2,1H3/t15-/m0/s1. The molecule has 24 heavy (non-hydrogen) atoms. The predicted molar refractivity (Wildman–Crippen MR) is 89.6 cm³/mol. The van der Waals surface area contributed by atoms with Crippen LogP contribution in [0.5, 0.6) is 17.2 Å². The van der Waals surface area contributed by atoms with Gasteiger partial charge >= 0.3 is 0 Å². The fraction of sp³-hybridized carbons (Fsp3) is 0.333. The molecular weight excluding hydrogens is 330 g/mol. The Morgan fingerprint density at radius 3 is 2.88 bits per heavy atom. The van der Waals surface area contributed by atoms with Crippen LogP contribution in [0, 0.1) is 0 Å². The van der Waals surface area contributed by atoms with Crippen molar-refractivity contribution in [1.29, 1.82) is 0 Å². The van der Waals surface area contributed by atoms with Crippen LogP contribution in [-0.4, -0.2) is 30.5 Å². The second-order valence-electron chi connectivity index (χ2n) is 5.99. The maximum absolute atomic E-state index is 10.6. The minimum atomic E-state index is -0.611. The van der Waals surface area contributed by atoms with Crippen molar-refractivity contribution in [1.82, 2.24) is 4.90 Å². The number of β-amino-alcohol motifs (C(OH)–C–C–N with tert-alkyl or cyclic N) is 1. The Morgan fingerprint density at radius 2 is 2.08 bits per heavy atom. The lowest BCUT2D eigenvalue weighted by molar-refractivity contribution is 0.0862. The Hall–Kier alpha value is -1.95. The lowest BCUT2D eigenvalue weighted by atomic mass is 9.95. The molecule has 4 rings (SSSR count). The van der Waals surface area contributed by atoms with Crippen molar-refractivity contribution in [2.45, 2.75) is 19.2 Å². The zero-order chi connectivity index (χ0) is 16.7. The number of methoxy groups -OCH3 is 1. The molecule has 2 heterocycles. The van der Waals surface area contributed by atoms with Gasteiger partial charge in [-0.3, -0.25) is 4.90 Å². The predicted octanol–water partition coefficient (Wildman–Crippen LogP) is 3.13. The van der Waals surface area contributed by atoms with E-state index in [1.807, 2.05) is 30.3 Å². The number of rotatable bonds is 3. The van der Waals surface area contributed by atoms with Crippen molar-refractivity contribution >= 4 is 11.6 Å². The van der Waals surface area contributed by atoms with Crippen molar-refractivity contribution < 1.29 is 19.3 Å². The van der Waals surface area contributed by atoms with Crippen LogP contribution in [0.3, 0.4) is 0 Å². The normalized spacial score (nSPS) is 19.2. The fourth-order valence-corrected chi connectivity index (χ4v) is 3.54. The van der Waals surface area contributed by atoms with Gasteiger partial charge in [0, 0.05) is 30.2 Å². The average Bonchev–Trinajstić information content (AvgIpc) is 3.07. The van der Waals surface area contributed by atoms with Crippen LogP contribution in [0.15, 0.2) is 30.3 Å². The molecule has 6 heteroatoms. The number of nitrogens with zero attached hydrogens (tertiary/aromatic N) is 1. The third-order valence-corrected chi connectivity index (χ3v) is 4.86. The molecule has 0 unspecified atom stereocenters. The van der Waals surface area contributed by atoms with Crippen molar-refractivity contribution in [2.24, 2.45) is 0 Å². The first kappa shape index (κ1) is 15.6. The van der Waals surface area contributed by atoms with Crippen LogP contribution >= 0.6 is 11.6 Å². The average molecular weight is 348 g/mol. The Kier molecular flexibility index (Phi) is 4.00. The summed E-state index contributed by atoms with van der Waals surface area (Å²) in [5, 5.41) is 11.3. The van der Waals surface area contributed by atoms with Crippen LogP contribution in [0.25, 0.3) is 0 Å². The van der Waals surface area contributed by atoms with Crippen LogP contribution in [-0.2, 0) is 13.1 Å². The van der Waals surface area contributed by atoms with Crippen LogP contribution in [0.4, 0.5) is 0 Å². The molecule has 126 valence electrons. The summed E-state index contributed by atoms with van der Waals surface area (Å²) in [7, 11) is 1.59. The minimum absolute atomic E-state index is 0.169. The number of ether oxygens (including phenoxy) is 3. The summed E-state index contributed by atoms with van der Waals surface area (Å²) in [6, 6.07) is 9.61. The molecule has 2 aliphatic rings. The summed E-state index contributed by atoms with van der Waals surface area (Å²) < 4.78 is 16.5. The van der Waals surface area contributed by atoms with Gasteiger partial charge in [0.1, 0.15) is 0 Å². The molecule has 0 saturated carbocycles. The number of halogens is 1. The Balaban J connectivity index is 1.67. The summed E-state index contributed by atoms with van der Waals surface area (Å²) in [4.78, 5) is 2.16. The Morgan fingerprint density at radius 1 is 1.29 bits per heavy atom. The second kappa shape index (κ2) is 6.16. The second-order valence-corrected chi connectivity index (χ2v) is 6.40. The van der Waals surface area contributed by atoms with E-state index in [-0.39, 0.29) is 6.79 Å². The molecule has 0 aromatic heterocycles. The molecule has 2 aromatic rings. The third kappa shape index (κ3) is 2.59. The van der Waals surface area contributed by atoms with Gasteiger partial charge in [0.25, 0.3) is 0 Å². The number of benzene rings is 2. The monoisotopic (exact) mass is 347 g/mol. The van der Waals surface area contributed by atoms with E-state index in [9.17, 15) is 5.11 Å². The molecule has 0 fully saturated rings. The summed E-state index contributed by atoms with van der Waals surface area (Å²) in [5.74, 6) is 1.88. The Labute approximate surface area is 145 Å². The van der Waals surface area contributed by atoms with Crippen LogP contribution in [0.1, 0.15) is 22.8 Å². The first-order valence-electron chi connectivity index (χ1n) is 7.80. The van der Waals surface area contributed by atoms with Gasteiger partial charge in [-0.15, -0.1) is 0 Å². The van der Waals surface area contributed by atoms with E-state index in [0.717, 1.165) is 21.7 Å². The summed E-state index contributed by atoms with van der Waals surface area (Å²) in [5.41, 5.74) is 2.83. The SMILES string of the molecule is COc1cc2c(c3c1OCO3)CN(Cc1ccccc1Cl)C[C@@H]2O. The summed E-state index contributed by atoms with van der Waals surface area (Å²) >= 11 is 6.26. The molecule has 1 N–H and O–H groups in total. The van der Waals surface area contributed by atoms with E-state index >= 15 is 0 Å². The maximum Gasteiger partial charge on any atom is 0.231 e. The molecule has 0 radical (unpaired) electrons. The molecular formula is C18H18ClNO4. The lowest BCUT2D eigenvalue weighted by Crippen LogP contribution is -2.33. The van der Waals surface area contributed by atoms with Gasteiger partial charge in [0.15, 0.2) is 11.5 Å². The molecule has 0 spiro atoms. The highest BCUT2D eigenvalue weighted by atomic mass is 35.5. The van der Waals surface area contributed by atoms with Crippen LogP contribution < -0.4 is 14.2 Å². The zero-order valence-corrected chi connectivity index (χ0v) is 14.0. The van der Waals surface area contributed by atoms with Gasteiger partial charge in [0.05, 0.1) is 13.2 Å². The molecule has 0 aliphatic carbocycles. The van der Waals surface area contributed by atoms with E-state index in [1.165, 1.54) is 0 Å². The number of hydrogen-bond acceptors (Lipinski definition) is 5. The highest BCUT2D eigenvalue weighted by Crippen LogP contribution is 2.48. The van der Waals surface area contributed by atoms with E-state index in [1.54, 1.807) is 7.11 Å². The molecule has 1 atom stereocenters. The third-order valence-electron chi connectivity index (χ3n) is 4.49. The molecule has 0 saturated heterocycles. The Bertz CT molecular complexity index is 780. The van der Waals surface area contributed by atoms with Gasteiger partial charge in [-0.25, -0.2) is 0 Å². The van der Waals surface area contributed by atoms with E-state index < -0.39 is 6.10 Å². The van der Waals surface area contributed by atoms with E-state index in [4.69, 9.17) is 25.8 Å². The lowest BCUT2D eigenvalue weighted by Gasteiger charge is -2.33. The first-order chi connectivity index (χ1) is 11.7. The number of aliphatic hydroxyl groups excluding tert-OH is 1. The molecule has 0 amide bonds. The molecule has 0 bridgehead atoms. The molecule has 2 aliphatic heterocycles. The molecule has 2 aromatic carbocycles. The van der Waals surface area contributed by atoms with E-state index in [0.29, 0.717) is 36.9 Å². The van der Waals surface area contributed by atoms with Crippen molar-refractivity contribution in [3.8, 4) is 17.2 Å². The van der Waals surface area contributed by atoms with Crippen molar-refractivity contribution in [3.63, 3.8) is 0 Å². The summed E-state index contributed by atoms with van der Waals surface area (Å²) in [6.45, 7) is 2.02. The maximum atomic E-state index is 10.6. The van der Waals surface area contributed by atoms with Gasteiger partial charge in [-0.1, -0.05) is 29.8 Å². The van der Waals surface area contributed by atoms with Gasteiger partial charge < -0.3 is 19.3 Å². The highest BCUT2D eigenvalue weighted by Gasteiger charge is 2.33. The van der Waals surface area contributed by atoms with Crippen molar-refractivity contribution in [2.75, 3.05) is 20.4 Å². The number of hydrogen-bond donors (Lipinski definition) is 1. The largest absolute Gasteiger partial charge is 0.493 e. The smallest absolute Gasteiger partial charge is 0.231 e. The quantitative estimate of drug-likeness (QED) is 0.924. The highest BCUT2D eigenvalue weighted by molar-refractivity contribution is 6.31. The minimum Gasteiger partial charge on any atom is -0.493 e. The van der Waals surface area contributed by atoms with Gasteiger partial charge in [0.2, 0.25) is 12.5 Å². The first-order valence-corrected chi connectivity index (χ1v) is 8.18. The van der Waals surface area contributed by atoms with Crippen molar-refractivity contribution in [3.05, 3.63) is 52.0 Å². The van der Waals surface area contributed by atoms with Gasteiger partial charge in [-0.05, 0) is 23.3 Å². The van der Waals surface area contributed by atoms with Crippen LogP contribution in [0.2, 0.25) is 5.02 Å². The molecule has 5 nitrogen and oxygen atoms in total. The van der Waals surface area contributed by atoms with E-state index in [2.05, 4.69) is 4.90 Å². The zero-order valence-electron chi connectivity index (χ0n) is 13.3. The number of fused-ring (bicyclic) bond motifs is 3. The summed E-state index contributed by atoms with van der Waals surface area (Å²) in [6.07, 6.45) is -0.611. The fourth-order valence-electron chi connectivity index (χ4n) is 3.34.